The largest absolute Gasteiger partial charge is 0.454 e. The monoisotopic (exact) mass is 482 g/mol. The molecule has 1 saturated carbocycles. The van der Waals surface area contributed by atoms with Gasteiger partial charge >= 0.3 is 0 Å². The molecule has 0 spiro atoms. The second-order valence-corrected chi connectivity index (χ2v) is 9.21. The van der Waals surface area contributed by atoms with Crippen LogP contribution in [-0.2, 0) is 20.8 Å². The predicted molar refractivity (Wildman–Crippen MR) is 122 cm³/mol. The van der Waals surface area contributed by atoms with E-state index in [-0.39, 0.29) is 38.6 Å². The van der Waals surface area contributed by atoms with E-state index in [1.54, 1.807) is 18.2 Å². The molecule has 0 unspecified atom stereocenters. The maximum absolute atomic E-state index is 12.5. The first-order chi connectivity index (χ1) is 15.7. The van der Waals surface area contributed by atoms with E-state index in [9.17, 15) is 14.4 Å². The molecule has 0 bridgehead atoms. The lowest BCUT2D eigenvalue weighted by molar-refractivity contribution is -0.124. The van der Waals surface area contributed by atoms with Gasteiger partial charge in [0.2, 0.25) is 17.4 Å². The third-order valence-corrected chi connectivity index (χ3v) is 6.53. The molecule has 2 aromatic carbocycles. The van der Waals surface area contributed by atoms with Crippen molar-refractivity contribution in [2.75, 3.05) is 9.91 Å². The Balaban J connectivity index is 1.46. The summed E-state index contributed by atoms with van der Waals surface area (Å²) in [5, 5.41) is 14.0. The molecule has 2 amide bonds. The first-order valence-electron chi connectivity index (χ1n) is 10.2. The van der Waals surface area contributed by atoms with Gasteiger partial charge in [0.05, 0.1) is 34.3 Å². The number of amides is 2. The summed E-state index contributed by atoms with van der Waals surface area (Å²) in [7, 11) is 0. The molecule has 1 fully saturated rings. The summed E-state index contributed by atoms with van der Waals surface area (Å²) >= 11 is 12.8. The Morgan fingerprint density at radius 3 is 2.39 bits per heavy atom. The molecule has 10 heteroatoms. The van der Waals surface area contributed by atoms with Crippen LogP contribution in [0.4, 0.5) is 11.4 Å². The molecule has 3 aliphatic rings. The normalized spacial score (nSPS) is 18.7. The van der Waals surface area contributed by atoms with Crippen LogP contribution in [-0.4, -0.2) is 28.8 Å². The summed E-state index contributed by atoms with van der Waals surface area (Å²) < 4.78 is 5.96. The number of benzene rings is 2. The number of hydrogen-bond acceptors (Lipinski definition) is 6. The molecule has 33 heavy (non-hydrogen) atoms. The van der Waals surface area contributed by atoms with Crippen LogP contribution in [0, 0.1) is 11.3 Å². The van der Waals surface area contributed by atoms with Gasteiger partial charge < -0.3 is 9.64 Å². The zero-order valence-corrected chi connectivity index (χ0v) is 18.9. The van der Waals surface area contributed by atoms with Crippen LogP contribution in [0.1, 0.15) is 31.7 Å². The minimum Gasteiger partial charge on any atom is -0.454 e. The summed E-state index contributed by atoms with van der Waals surface area (Å²) in [6, 6.07) is 9.91. The Morgan fingerprint density at radius 1 is 1.06 bits per heavy atom. The van der Waals surface area contributed by atoms with E-state index < -0.39 is 18.1 Å². The molecule has 0 atom stereocenters. The molecule has 1 aliphatic carbocycles. The van der Waals surface area contributed by atoms with Crippen molar-refractivity contribution in [2.45, 2.75) is 38.1 Å². The van der Waals surface area contributed by atoms with Crippen LogP contribution in [0.15, 0.2) is 35.4 Å². The van der Waals surface area contributed by atoms with Gasteiger partial charge in [0.15, 0.2) is 5.75 Å². The number of halogens is 2. The van der Waals surface area contributed by atoms with Crippen LogP contribution < -0.4 is 14.6 Å². The number of nitriles is 1. The zero-order chi connectivity index (χ0) is 23.5. The van der Waals surface area contributed by atoms with Crippen molar-refractivity contribution in [3.8, 4) is 17.6 Å². The van der Waals surface area contributed by atoms with E-state index in [1.165, 1.54) is 12.1 Å². The van der Waals surface area contributed by atoms with Crippen molar-refractivity contribution >= 4 is 57.9 Å². The third-order valence-electron chi connectivity index (χ3n) is 5.97. The van der Waals surface area contributed by atoms with Crippen molar-refractivity contribution in [3.63, 3.8) is 0 Å². The summed E-state index contributed by atoms with van der Waals surface area (Å²) in [4.78, 5) is 38.3. The highest BCUT2D eigenvalue weighted by molar-refractivity contribution is 6.50. The number of hydrogen-bond donors (Lipinski definition) is 0. The number of fused-ring (bicyclic) bond motifs is 1. The summed E-state index contributed by atoms with van der Waals surface area (Å²) in [6.45, 7) is 2.07. The molecular weight excluding hydrogens is 467 g/mol. The molecule has 2 aromatic rings. The van der Waals surface area contributed by atoms with E-state index in [0.29, 0.717) is 12.2 Å². The van der Waals surface area contributed by atoms with Crippen molar-refractivity contribution in [1.82, 2.24) is 0 Å². The van der Waals surface area contributed by atoms with Gasteiger partial charge in [-0.15, -0.1) is 0 Å². The standard InChI is InChI=1S/C23H16Cl2N4O4/c1-23(4-5-23)28-18-9-14(3-2-12(18)6-20(28)31)33-22-15(24)7-13(8-16(22)25)29-21(32)10-19(30)17(11-26)27-29/h2-3,7-9H,4-6,10H2,1H3. The average molecular weight is 483 g/mol. The second-order valence-electron chi connectivity index (χ2n) is 8.40. The number of Topliss-reactive ketones (excluding diaryl/α,β-unsaturated/α-hetero) is 1. The Morgan fingerprint density at radius 2 is 1.76 bits per heavy atom. The van der Waals surface area contributed by atoms with Crippen LogP contribution in [0.5, 0.6) is 11.5 Å². The van der Waals surface area contributed by atoms with Crippen molar-refractivity contribution in [1.29, 1.82) is 5.26 Å². The smallest absolute Gasteiger partial charge is 0.255 e. The van der Waals surface area contributed by atoms with Gasteiger partial charge in [-0.25, -0.2) is 0 Å². The molecule has 2 aliphatic heterocycles. The van der Waals surface area contributed by atoms with E-state index in [4.69, 9.17) is 33.2 Å². The van der Waals surface area contributed by atoms with Crippen molar-refractivity contribution < 1.29 is 19.1 Å². The number of anilines is 2. The van der Waals surface area contributed by atoms with E-state index in [0.717, 1.165) is 29.1 Å². The van der Waals surface area contributed by atoms with Gasteiger partial charge in [-0.2, -0.15) is 15.4 Å². The zero-order valence-electron chi connectivity index (χ0n) is 17.4. The van der Waals surface area contributed by atoms with Gasteiger partial charge in [-0.3, -0.25) is 14.4 Å². The number of ketones is 1. The Labute approximate surface area is 198 Å². The molecule has 0 N–H and O–H groups in total. The van der Waals surface area contributed by atoms with Crippen LogP contribution in [0.25, 0.3) is 0 Å². The Hall–Kier alpha value is -3.41. The van der Waals surface area contributed by atoms with E-state index in [1.807, 2.05) is 11.0 Å². The lowest BCUT2D eigenvalue weighted by atomic mass is 10.1. The molecule has 0 aromatic heterocycles. The molecule has 166 valence electrons. The predicted octanol–water partition coefficient (Wildman–Crippen LogP) is 4.41. The molecule has 5 rings (SSSR count). The molecule has 2 heterocycles. The van der Waals surface area contributed by atoms with Gasteiger partial charge in [0.25, 0.3) is 5.91 Å². The minimum atomic E-state index is -0.639. The first kappa shape index (κ1) is 21.4. The quantitative estimate of drug-likeness (QED) is 0.600. The maximum Gasteiger partial charge on any atom is 0.255 e. The summed E-state index contributed by atoms with van der Waals surface area (Å²) in [5.74, 6) is -0.541. The molecule has 0 saturated heterocycles. The van der Waals surface area contributed by atoms with E-state index >= 15 is 0 Å². The second kappa shape index (κ2) is 7.58. The lowest BCUT2D eigenvalue weighted by Gasteiger charge is -2.25. The minimum absolute atomic E-state index is 0.0736. The SMILES string of the molecule is CC1(N2C(=O)Cc3ccc(Oc4c(Cl)cc(N5N=C(C#N)C(=O)CC5=O)cc4Cl)cc32)CC1. The first-order valence-corrected chi connectivity index (χ1v) is 10.9. The van der Waals surface area contributed by atoms with Crippen molar-refractivity contribution in [3.05, 3.63) is 45.9 Å². The highest BCUT2D eigenvalue weighted by Crippen LogP contribution is 2.49. The maximum atomic E-state index is 12.5. The van der Waals surface area contributed by atoms with Crippen molar-refractivity contribution in [2.24, 2.45) is 5.10 Å². The van der Waals surface area contributed by atoms with Gasteiger partial charge in [0.1, 0.15) is 11.8 Å². The number of hydrazone groups is 1. The van der Waals surface area contributed by atoms with Crippen LogP contribution in [0.3, 0.4) is 0 Å². The lowest BCUT2D eigenvalue weighted by Crippen LogP contribution is -2.37. The number of carbonyl (C=O) groups excluding carboxylic acids is 3. The number of carbonyl (C=O) groups is 3. The van der Waals surface area contributed by atoms with Crippen LogP contribution in [0.2, 0.25) is 10.0 Å². The summed E-state index contributed by atoms with van der Waals surface area (Å²) in [5.41, 5.74) is 1.45. The van der Waals surface area contributed by atoms with Gasteiger partial charge in [0, 0.05) is 11.6 Å². The number of nitrogens with zero attached hydrogens (tertiary/aromatic N) is 4. The third kappa shape index (κ3) is 3.63. The molecule has 8 nitrogen and oxygen atoms in total. The van der Waals surface area contributed by atoms with E-state index in [2.05, 4.69) is 12.0 Å². The van der Waals surface area contributed by atoms with Gasteiger partial charge in [-0.1, -0.05) is 29.3 Å². The topological polar surface area (TPSA) is 103 Å². The fourth-order valence-electron chi connectivity index (χ4n) is 4.02. The highest BCUT2D eigenvalue weighted by Gasteiger charge is 2.49. The molecular formula is C23H16Cl2N4O4. The van der Waals surface area contributed by atoms with Crippen LogP contribution >= 0.6 is 23.2 Å². The number of ether oxygens (including phenoxy) is 1. The Kier molecular flexibility index (Phi) is 4.92. The molecule has 0 radical (unpaired) electrons. The fraction of sp³-hybridized carbons (Fsp3) is 0.261. The summed E-state index contributed by atoms with van der Waals surface area (Å²) in [6.07, 6.45) is 1.81. The average Bonchev–Trinajstić information content (AvgIpc) is 3.40. The fourth-order valence-corrected chi connectivity index (χ4v) is 4.57. The Bertz CT molecular complexity index is 1300. The highest BCUT2D eigenvalue weighted by atomic mass is 35.5. The number of rotatable bonds is 4. The van der Waals surface area contributed by atoms with Gasteiger partial charge in [-0.05, 0) is 43.5 Å².